The van der Waals surface area contributed by atoms with Gasteiger partial charge in [-0.3, -0.25) is 0 Å². The summed E-state index contributed by atoms with van der Waals surface area (Å²) in [4.78, 5) is 27.8. The molecule has 2 aliphatic heterocycles. The smallest absolute Gasteiger partial charge is 0.414 e. The molecule has 1 atom stereocenters. The second-order valence-corrected chi connectivity index (χ2v) is 6.44. The van der Waals surface area contributed by atoms with E-state index in [2.05, 4.69) is 58.2 Å². The fourth-order valence-corrected chi connectivity index (χ4v) is 3.49. The highest BCUT2D eigenvalue weighted by atomic mass is 16.4. The van der Waals surface area contributed by atoms with Crippen molar-refractivity contribution in [1.82, 2.24) is 9.88 Å². The Hall–Kier alpha value is -2.93. The zero-order chi connectivity index (χ0) is 18.7. The number of rotatable bonds is 0. The summed E-state index contributed by atoms with van der Waals surface area (Å²) in [6.45, 7) is 3.24. The lowest BCUT2D eigenvalue weighted by Gasteiger charge is -2.41. The zero-order valence-electron chi connectivity index (χ0n) is 14.5. The minimum atomic E-state index is -1.82. The van der Waals surface area contributed by atoms with Gasteiger partial charge in [0.2, 0.25) is 0 Å². The zero-order valence-corrected chi connectivity index (χ0v) is 14.5. The van der Waals surface area contributed by atoms with Crippen LogP contribution < -0.4 is 4.90 Å². The maximum Gasteiger partial charge on any atom is 0.414 e. The highest BCUT2D eigenvalue weighted by molar-refractivity contribution is 6.27. The van der Waals surface area contributed by atoms with E-state index in [-0.39, 0.29) is 0 Å². The van der Waals surface area contributed by atoms with Crippen LogP contribution in [0, 0.1) is 0 Å². The topological polar surface area (TPSA) is 94.0 Å². The summed E-state index contributed by atoms with van der Waals surface area (Å²) in [5.74, 6) is -2.47. The van der Waals surface area contributed by atoms with E-state index < -0.39 is 11.9 Å². The van der Waals surface area contributed by atoms with Crippen molar-refractivity contribution >= 4 is 17.8 Å². The molecule has 0 radical (unpaired) electrons. The van der Waals surface area contributed by atoms with Gasteiger partial charge in [-0.15, -0.1) is 0 Å². The van der Waals surface area contributed by atoms with Crippen LogP contribution in [0.1, 0.15) is 22.7 Å². The normalized spacial score (nSPS) is 18.3. The highest BCUT2D eigenvalue weighted by Gasteiger charge is 2.32. The van der Waals surface area contributed by atoms with Crippen molar-refractivity contribution in [1.29, 1.82) is 0 Å². The Balaban J connectivity index is 0.000000286. The minimum Gasteiger partial charge on any atom is -0.473 e. The van der Waals surface area contributed by atoms with E-state index in [1.165, 1.54) is 22.5 Å². The van der Waals surface area contributed by atoms with Gasteiger partial charge in [0.1, 0.15) is 5.82 Å². The Kier molecular flexibility index (Phi) is 5.18. The van der Waals surface area contributed by atoms with Gasteiger partial charge in [-0.1, -0.05) is 30.3 Å². The van der Waals surface area contributed by atoms with Crippen LogP contribution in [-0.2, 0) is 16.0 Å². The summed E-state index contributed by atoms with van der Waals surface area (Å²) in [6.07, 6.45) is 2.92. The third kappa shape index (κ3) is 3.67. The number of hydrogen-bond donors (Lipinski definition) is 2. The van der Waals surface area contributed by atoms with Gasteiger partial charge in [0.25, 0.3) is 0 Å². The number of benzene rings is 1. The van der Waals surface area contributed by atoms with Gasteiger partial charge in [-0.2, -0.15) is 0 Å². The fourth-order valence-electron chi connectivity index (χ4n) is 3.49. The van der Waals surface area contributed by atoms with Gasteiger partial charge < -0.3 is 20.0 Å². The molecule has 2 N–H and O–H groups in total. The first-order chi connectivity index (χ1) is 12.5. The van der Waals surface area contributed by atoms with Crippen molar-refractivity contribution in [3.63, 3.8) is 0 Å². The number of anilines is 1. The molecule has 2 aliphatic rings. The Morgan fingerprint density at radius 1 is 1.04 bits per heavy atom. The van der Waals surface area contributed by atoms with Crippen LogP contribution in [0.2, 0.25) is 0 Å². The monoisotopic (exact) mass is 355 g/mol. The summed E-state index contributed by atoms with van der Waals surface area (Å²) < 4.78 is 0. The minimum absolute atomic E-state index is 0.432. The molecular weight excluding hydrogens is 334 g/mol. The quantitative estimate of drug-likeness (QED) is 0.694. The molecule has 7 nitrogen and oxygen atoms in total. The lowest BCUT2D eigenvalue weighted by Crippen LogP contribution is -2.47. The number of aromatic nitrogens is 1. The molecule has 0 spiro atoms. The predicted octanol–water partition coefficient (Wildman–Crippen LogP) is 1.63. The van der Waals surface area contributed by atoms with Gasteiger partial charge in [0.15, 0.2) is 0 Å². The molecule has 0 unspecified atom stereocenters. The fraction of sp³-hybridized carbons (Fsp3) is 0.316. The number of piperazine rings is 1. The molecule has 26 heavy (non-hydrogen) atoms. The van der Waals surface area contributed by atoms with E-state index in [0.29, 0.717) is 6.04 Å². The lowest BCUT2D eigenvalue weighted by atomic mass is 9.96. The van der Waals surface area contributed by atoms with Crippen LogP contribution in [0.4, 0.5) is 5.82 Å². The van der Waals surface area contributed by atoms with E-state index in [9.17, 15) is 0 Å². The van der Waals surface area contributed by atoms with Crippen molar-refractivity contribution in [2.45, 2.75) is 12.5 Å². The first-order valence-electron chi connectivity index (χ1n) is 8.40. The first kappa shape index (κ1) is 17.9. The first-order valence-corrected chi connectivity index (χ1v) is 8.40. The molecule has 7 heteroatoms. The second kappa shape index (κ2) is 7.53. The van der Waals surface area contributed by atoms with Crippen molar-refractivity contribution < 1.29 is 19.8 Å². The number of fused-ring (bicyclic) bond motifs is 5. The molecule has 136 valence electrons. The van der Waals surface area contributed by atoms with Crippen LogP contribution in [0.25, 0.3) is 0 Å². The Morgan fingerprint density at radius 3 is 2.46 bits per heavy atom. The molecule has 0 aliphatic carbocycles. The molecule has 1 aromatic carbocycles. The number of likely N-dealkylation sites (N-methyl/N-ethyl adjacent to an activating group) is 1. The van der Waals surface area contributed by atoms with E-state index in [1.54, 1.807) is 0 Å². The summed E-state index contributed by atoms with van der Waals surface area (Å²) in [5.41, 5.74) is 4.27. The van der Waals surface area contributed by atoms with Crippen LogP contribution in [0.15, 0.2) is 42.6 Å². The van der Waals surface area contributed by atoms with Gasteiger partial charge >= 0.3 is 11.9 Å². The SMILES string of the molecule is CN1CCN2c3ncccc3Cc3ccccc3[C@H]2C1.O=C(O)C(=O)O. The van der Waals surface area contributed by atoms with Gasteiger partial charge in [-0.05, 0) is 29.8 Å². The Morgan fingerprint density at radius 2 is 1.73 bits per heavy atom. The van der Waals surface area contributed by atoms with Gasteiger partial charge in [-0.25, -0.2) is 14.6 Å². The molecule has 1 fully saturated rings. The number of aliphatic carboxylic acids is 2. The molecule has 1 saturated heterocycles. The predicted molar refractivity (Wildman–Crippen MR) is 96.3 cm³/mol. The molecule has 2 aromatic rings. The molecule has 0 bridgehead atoms. The van der Waals surface area contributed by atoms with Crippen molar-refractivity contribution in [2.24, 2.45) is 0 Å². The molecular formula is C19H21N3O4. The van der Waals surface area contributed by atoms with Crippen LogP contribution in [0.5, 0.6) is 0 Å². The summed E-state index contributed by atoms with van der Waals surface area (Å²) in [6, 6.07) is 13.6. The van der Waals surface area contributed by atoms with E-state index >= 15 is 0 Å². The molecule has 1 aromatic heterocycles. The van der Waals surface area contributed by atoms with Gasteiger partial charge in [0.05, 0.1) is 6.04 Å². The second-order valence-electron chi connectivity index (χ2n) is 6.44. The van der Waals surface area contributed by atoms with Gasteiger partial charge in [0, 0.05) is 32.3 Å². The number of carboxylic acids is 2. The van der Waals surface area contributed by atoms with Crippen LogP contribution >= 0.6 is 0 Å². The number of carboxylic acid groups (broad SMARTS) is 2. The molecule has 4 rings (SSSR count). The number of hydrogen-bond acceptors (Lipinski definition) is 5. The lowest BCUT2D eigenvalue weighted by molar-refractivity contribution is -0.159. The average molecular weight is 355 g/mol. The maximum absolute atomic E-state index is 9.10. The Labute approximate surface area is 151 Å². The van der Waals surface area contributed by atoms with E-state index in [4.69, 9.17) is 19.8 Å². The van der Waals surface area contributed by atoms with Crippen molar-refractivity contribution in [2.75, 3.05) is 31.6 Å². The summed E-state index contributed by atoms with van der Waals surface area (Å²) >= 11 is 0. The van der Waals surface area contributed by atoms with Crippen LogP contribution in [-0.4, -0.2) is 58.7 Å². The molecule has 0 amide bonds. The average Bonchev–Trinajstić information content (AvgIpc) is 2.76. The van der Waals surface area contributed by atoms with Crippen molar-refractivity contribution in [3.05, 3.63) is 59.3 Å². The van der Waals surface area contributed by atoms with E-state index in [0.717, 1.165) is 26.1 Å². The Bertz CT molecular complexity index is 812. The third-order valence-electron chi connectivity index (χ3n) is 4.70. The number of nitrogens with zero attached hydrogens (tertiary/aromatic N) is 3. The number of carbonyl (C=O) groups is 2. The highest BCUT2D eigenvalue weighted by Crippen LogP contribution is 2.37. The van der Waals surface area contributed by atoms with Crippen molar-refractivity contribution in [3.8, 4) is 0 Å². The summed E-state index contributed by atoms with van der Waals surface area (Å²) in [7, 11) is 2.21. The van der Waals surface area contributed by atoms with E-state index in [1.807, 2.05) is 6.20 Å². The standard InChI is InChI=1S/C17H19N3.C2H2O4/c1-19-9-10-20-16(12-19)15-7-3-2-5-13(15)11-14-6-4-8-18-17(14)20;3-1(4)2(5)6/h2-8,16H,9-12H2,1H3;(H,3,4)(H,5,6)/t16-;/m1./s1. The molecule has 0 saturated carbocycles. The maximum atomic E-state index is 9.10. The summed E-state index contributed by atoms with van der Waals surface area (Å²) in [5, 5.41) is 14.8. The third-order valence-corrected chi connectivity index (χ3v) is 4.70. The number of pyridine rings is 1. The molecule has 3 heterocycles. The largest absolute Gasteiger partial charge is 0.473 e. The van der Waals surface area contributed by atoms with Crippen LogP contribution in [0.3, 0.4) is 0 Å².